The number of benzene rings is 2. The van der Waals surface area contributed by atoms with Gasteiger partial charge in [0.15, 0.2) is 0 Å². The second-order valence-corrected chi connectivity index (χ2v) is 8.17. The fraction of sp³-hybridized carbons (Fsp3) is 0.304. The van der Waals surface area contributed by atoms with Crippen molar-refractivity contribution in [2.24, 2.45) is 0 Å². The van der Waals surface area contributed by atoms with Crippen LogP contribution in [0.2, 0.25) is 5.02 Å². The number of carbonyl (C=O) groups is 1. The summed E-state index contributed by atoms with van der Waals surface area (Å²) < 4.78 is 1.67. The molecule has 0 atom stereocenters. The number of amides is 1. The van der Waals surface area contributed by atoms with Gasteiger partial charge in [0.05, 0.1) is 17.4 Å². The number of aromatic nitrogens is 2. The third-order valence-electron chi connectivity index (χ3n) is 5.38. The summed E-state index contributed by atoms with van der Waals surface area (Å²) >= 11 is 5.93. The lowest BCUT2D eigenvalue weighted by Gasteiger charge is -2.32. The minimum absolute atomic E-state index is 0.139. The lowest BCUT2D eigenvalue weighted by atomic mass is 10.1. The van der Waals surface area contributed by atoms with Crippen molar-refractivity contribution in [2.45, 2.75) is 13.1 Å². The first kappa shape index (κ1) is 20.6. The Balaban J connectivity index is 1.33. The van der Waals surface area contributed by atoms with Gasteiger partial charge in [0.1, 0.15) is 0 Å². The Hall–Kier alpha value is -2.67. The van der Waals surface area contributed by atoms with E-state index in [1.54, 1.807) is 29.2 Å². The molecule has 30 heavy (non-hydrogen) atoms. The van der Waals surface area contributed by atoms with E-state index in [-0.39, 0.29) is 5.91 Å². The van der Waals surface area contributed by atoms with Crippen LogP contribution in [-0.4, -0.2) is 58.7 Å². The number of nitrogens with one attached hydrogen (secondary N) is 1. The van der Waals surface area contributed by atoms with E-state index in [1.165, 1.54) is 5.56 Å². The smallest absolute Gasteiger partial charge is 0.254 e. The van der Waals surface area contributed by atoms with Crippen molar-refractivity contribution < 1.29 is 4.79 Å². The maximum Gasteiger partial charge on any atom is 0.254 e. The van der Waals surface area contributed by atoms with Gasteiger partial charge >= 0.3 is 0 Å². The summed E-state index contributed by atoms with van der Waals surface area (Å²) in [6, 6.07) is 15.8. The Kier molecular flexibility index (Phi) is 6.47. The number of hydrogen-bond acceptors (Lipinski definition) is 4. The van der Waals surface area contributed by atoms with Crippen LogP contribution in [0.5, 0.6) is 0 Å². The molecule has 2 heterocycles. The minimum Gasteiger partial charge on any atom is -0.348 e. The SMILES string of the molecule is CN1CCN(Cc2cccc(CNC(=O)c3cnn(-c4ccc(Cl)cc4)c3)c2)CC1. The monoisotopic (exact) mass is 423 g/mol. The molecule has 1 N–H and O–H groups in total. The molecule has 0 saturated carbocycles. The van der Waals surface area contributed by atoms with E-state index in [2.05, 4.69) is 45.5 Å². The molecule has 1 aliphatic heterocycles. The van der Waals surface area contributed by atoms with Gasteiger partial charge in [-0.05, 0) is 42.4 Å². The number of hydrogen-bond donors (Lipinski definition) is 1. The molecule has 0 bridgehead atoms. The van der Waals surface area contributed by atoms with Crippen LogP contribution in [0.25, 0.3) is 5.69 Å². The fourth-order valence-electron chi connectivity index (χ4n) is 3.56. The van der Waals surface area contributed by atoms with Crippen molar-refractivity contribution >= 4 is 17.5 Å². The highest BCUT2D eigenvalue weighted by molar-refractivity contribution is 6.30. The zero-order valence-electron chi connectivity index (χ0n) is 17.1. The van der Waals surface area contributed by atoms with Gasteiger partial charge in [-0.15, -0.1) is 0 Å². The lowest BCUT2D eigenvalue weighted by Crippen LogP contribution is -2.43. The Morgan fingerprint density at radius 3 is 2.57 bits per heavy atom. The summed E-state index contributed by atoms with van der Waals surface area (Å²) in [4.78, 5) is 17.4. The summed E-state index contributed by atoms with van der Waals surface area (Å²) in [6.07, 6.45) is 3.30. The van der Waals surface area contributed by atoms with Crippen molar-refractivity contribution in [3.05, 3.63) is 82.6 Å². The van der Waals surface area contributed by atoms with Crippen LogP contribution in [-0.2, 0) is 13.1 Å². The lowest BCUT2D eigenvalue weighted by molar-refractivity contribution is 0.0951. The topological polar surface area (TPSA) is 53.4 Å². The van der Waals surface area contributed by atoms with E-state index in [0.717, 1.165) is 44.0 Å². The molecule has 0 radical (unpaired) electrons. The minimum atomic E-state index is -0.139. The molecular weight excluding hydrogens is 398 g/mol. The molecule has 1 amide bonds. The largest absolute Gasteiger partial charge is 0.348 e. The predicted octanol–water partition coefficient (Wildman–Crippen LogP) is 3.20. The van der Waals surface area contributed by atoms with Crippen molar-refractivity contribution in [1.82, 2.24) is 24.9 Å². The number of likely N-dealkylation sites (N-methyl/N-ethyl adjacent to an activating group) is 1. The molecule has 7 heteroatoms. The average Bonchev–Trinajstić information content (AvgIpc) is 3.25. The summed E-state index contributed by atoms with van der Waals surface area (Å²) in [5.41, 5.74) is 3.76. The maximum atomic E-state index is 12.6. The van der Waals surface area contributed by atoms with Gasteiger partial charge in [0, 0.05) is 50.5 Å². The Labute approximate surface area is 182 Å². The second-order valence-electron chi connectivity index (χ2n) is 7.73. The van der Waals surface area contributed by atoms with Crippen LogP contribution in [0.1, 0.15) is 21.5 Å². The van der Waals surface area contributed by atoms with Crippen molar-refractivity contribution in [1.29, 1.82) is 0 Å². The van der Waals surface area contributed by atoms with Crippen molar-refractivity contribution in [2.75, 3.05) is 33.2 Å². The first-order valence-corrected chi connectivity index (χ1v) is 10.5. The number of nitrogens with zero attached hydrogens (tertiary/aromatic N) is 4. The number of piperazine rings is 1. The third kappa shape index (κ3) is 5.27. The zero-order chi connectivity index (χ0) is 20.9. The third-order valence-corrected chi connectivity index (χ3v) is 5.63. The fourth-order valence-corrected chi connectivity index (χ4v) is 3.69. The summed E-state index contributed by atoms with van der Waals surface area (Å²) in [5, 5.41) is 7.94. The highest BCUT2D eigenvalue weighted by Crippen LogP contribution is 2.14. The van der Waals surface area contributed by atoms with Crippen LogP contribution >= 0.6 is 11.6 Å². The van der Waals surface area contributed by atoms with E-state index in [9.17, 15) is 4.79 Å². The molecule has 1 aliphatic rings. The van der Waals surface area contributed by atoms with E-state index >= 15 is 0 Å². The average molecular weight is 424 g/mol. The second kappa shape index (κ2) is 9.43. The van der Waals surface area contributed by atoms with Crippen LogP contribution in [0.15, 0.2) is 60.9 Å². The first-order valence-electron chi connectivity index (χ1n) is 10.1. The van der Waals surface area contributed by atoms with Gasteiger partial charge in [-0.2, -0.15) is 5.10 Å². The molecule has 2 aromatic carbocycles. The molecule has 1 saturated heterocycles. The number of rotatable bonds is 6. The molecule has 156 valence electrons. The van der Waals surface area contributed by atoms with E-state index in [1.807, 2.05) is 18.2 Å². The van der Waals surface area contributed by atoms with Crippen LogP contribution < -0.4 is 5.32 Å². The molecule has 0 unspecified atom stereocenters. The molecule has 6 nitrogen and oxygen atoms in total. The summed E-state index contributed by atoms with van der Waals surface area (Å²) in [7, 11) is 2.17. The Bertz CT molecular complexity index is 993. The first-order chi connectivity index (χ1) is 14.6. The molecule has 0 spiro atoms. The maximum absolute atomic E-state index is 12.6. The van der Waals surface area contributed by atoms with Gasteiger partial charge in [-0.1, -0.05) is 35.9 Å². The molecule has 3 aromatic rings. The molecule has 0 aliphatic carbocycles. The van der Waals surface area contributed by atoms with E-state index < -0.39 is 0 Å². The van der Waals surface area contributed by atoms with Crippen LogP contribution in [0.3, 0.4) is 0 Å². The normalized spacial score (nSPS) is 15.3. The van der Waals surface area contributed by atoms with Gasteiger partial charge in [0.2, 0.25) is 0 Å². The number of carbonyl (C=O) groups excluding carboxylic acids is 1. The summed E-state index contributed by atoms with van der Waals surface area (Å²) in [5.74, 6) is -0.139. The standard InChI is InChI=1S/C23H26ClN5O/c1-27-9-11-28(12-10-27)16-19-4-2-3-18(13-19)14-25-23(30)20-15-26-29(17-20)22-7-5-21(24)6-8-22/h2-8,13,15,17H,9-12,14,16H2,1H3,(H,25,30). The Morgan fingerprint density at radius 2 is 1.80 bits per heavy atom. The van der Waals surface area contributed by atoms with Crippen molar-refractivity contribution in [3.8, 4) is 5.69 Å². The molecular formula is C23H26ClN5O. The van der Waals surface area contributed by atoms with Crippen molar-refractivity contribution in [3.63, 3.8) is 0 Å². The van der Waals surface area contributed by atoms with E-state index in [4.69, 9.17) is 11.6 Å². The van der Waals surface area contributed by atoms with E-state index in [0.29, 0.717) is 17.1 Å². The van der Waals surface area contributed by atoms with Gasteiger partial charge in [-0.25, -0.2) is 4.68 Å². The molecule has 1 fully saturated rings. The van der Waals surface area contributed by atoms with Crippen LogP contribution in [0, 0.1) is 0 Å². The van der Waals surface area contributed by atoms with Gasteiger partial charge < -0.3 is 10.2 Å². The highest BCUT2D eigenvalue weighted by Gasteiger charge is 2.14. The van der Waals surface area contributed by atoms with Gasteiger partial charge in [-0.3, -0.25) is 9.69 Å². The number of halogens is 1. The summed E-state index contributed by atoms with van der Waals surface area (Å²) in [6.45, 7) is 5.84. The molecule has 4 rings (SSSR count). The Morgan fingerprint density at radius 1 is 1.07 bits per heavy atom. The predicted molar refractivity (Wildman–Crippen MR) is 119 cm³/mol. The van der Waals surface area contributed by atoms with Crippen LogP contribution in [0.4, 0.5) is 0 Å². The zero-order valence-corrected chi connectivity index (χ0v) is 17.8. The quantitative estimate of drug-likeness (QED) is 0.661. The highest BCUT2D eigenvalue weighted by atomic mass is 35.5. The molecule has 1 aromatic heterocycles. The van der Waals surface area contributed by atoms with Gasteiger partial charge in [0.25, 0.3) is 5.91 Å².